The Morgan fingerprint density at radius 1 is 1.26 bits per heavy atom. The van der Waals surface area contributed by atoms with Crippen molar-refractivity contribution in [1.29, 1.82) is 0 Å². The summed E-state index contributed by atoms with van der Waals surface area (Å²) in [5.41, 5.74) is 4.65. The molecular weight excluding hydrogens is 358 g/mol. The van der Waals surface area contributed by atoms with Gasteiger partial charge in [-0.1, -0.05) is 12.1 Å². The fraction of sp³-hybridized carbons (Fsp3) is 0.350. The summed E-state index contributed by atoms with van der Waals surface area (Å²) >= 11 is 1.78. The summed E-state index contributed by atoms with van der Waals surface area (Å²) in [7, 11) is 2.16. The van der Waals surface area contributed by atoms with E-state index < -0.39 is 0 Å². The number of likely N-dealkylation sites (N-methyl/N-ethyl adjacent to an activating group) is 1. The van der Waals surface area contributed by atoms with Crippen LogP contribution in [0.2, 0.25) is 0 Å². The third kappa shape index (κ3) is 2.78. The molecule has 6 nitrogen and oxygen atoms in total. The van der Waals surface area contributed by atoms with Crippen LogP contribution in [-0.4, -0.2) is 38.1 Å². The van der Waals surface area contributed by atoms with Crippen molar-refractivity contribution in [2.45, 2.75) is 33.4 Å². The number of aromatic nitrogens is 4. The highest BCUT2D eigenvalue weighted by Crippen LogP contribution is 2.35. The van der Waals surface area contributed by atoms with E-state index in [1.807, 2.05) is 12.1 Å². The average molecular weight is 379 g/mol. The Labute approximate surface area is 161 Å². The highest BCUT2D eigenvalue weighted by atomic mass is 32.1. The van der Waals surface area contributed by atoms with E-state index in [-0.39, 0.29) is 0 Å². The molecule has 0 saturated carbocycles. The van der Waals surface area contributed by atoms with Crippen molar-refractivity contribution in [2.75, 3.05) is 13.6 Å². The quantitative estimate of drug-likeness (QED) is 0.545. The monoisotopic (exact) mass is 379 g/mol. The number of hydrogen-bond acceptors (Lipinski definition) is 6. The third-order valence-corrected chi connectivity index (χ3v) is 6.45. The zero-order valence-electron chi connectivity index (χ0n) is 15.7. The number of nitrogens with zero attached hydrogens (tertiary/aromatic N) is 5. The summed E-state index contributed by atoms with van der Waals surface area (Å²) < 4.78 is 7.78. The van der Waals surface area contributed by atoms with Crippen molar-refractivity contribution < 1.29 is 4.74 Å². The lowest BCUT2D eigenvalue weighted by atomic mass is 10.1. The van der Waals surface area contributed by atoms with E-state index in [0.29, 0.717) is 12.4 Å². The molecule has 4 heterocycles. The molecule has 0 aliphatic carbocycles. The van der Waals surface area contributed by atoms with Gasteiger partial charge in [0.05, 0.1) is 5.39 Å². The molecule has 0 bridgehead atoms. The van der Waals surface area contributed by atoms with Crippen molar-refractivity contribution in [1.82, 2.24) is 24.5 Å². The molecule has 1 aliphatic rings. The minimum Gasteiger partial charge on any atom is -0.485 e. The van der Waals surface area contributed by atoms with Gasteiger partial charge in [0.25, 0.3) is 0 Å². The topological polar surface area (TPSA) is 55.6 Å². The maximum atomic E-state index is 5.99. The lowest BCUT2D eigenvalue weighted by molar-refractivity contribution is 0.294. The molecule has 0 atom stereocenters. The van der Waals surface area contributed by atoms with Crippen molar-refractivity contribution in [3.05, 3.63) is 51.9 Å². The van der Waals surface area contributed by atoms with Crippen LogP contribution in [0.4, 0.5) is 0 Å². The summed E-state index contributed by atoms with van der Waals surface area (Å²) in [6, 6.07) is 6.09. The molecule has 0 fully saturated rings. The summed E-state index contributed by atoms with van der Waals surface area (Å²) in [5, 5.41) is 5.75. The molecule has 1 aromatic carbocycles. The summed E-state index contributed by atoms with van der Waals surface area (Å²) in [6.45, 7) is 6.56. The Kier molecular flexibility index (Phi) is 3.87. The Balaban J connectivity index is 1.52. The largest absolute Gasteiger partial charge is 0.485 e. The summed E-state index contributed by atoms with van der Waals surface area (Å²) in [4.78, 5) is 14.2. The zero-order chi connectivity index (χ0) is 18.5. The van der Waals surface area contributed by atoms with Gasteiger partial charge in [0, 0.05) is 18.0 Å². The minimum atomic E-state index is 0.350. The van der Waals surface area contributed by atoms with Crippen LogP contribution in [0, 0.1) is 13.8 Å². The lowest BCUT2D eigenvalue weighted by Crippen LogP contribution is -2.25. The smallest absolute Gasteiger partial charge is 0.189 e. The van der Waals surface area contributed by atoms with E-state index in [2.05, 4.69) is 41.9 Å². The summed E-state index contributed by atoms with van der Waals surface area (Å²) in [6.07, 6.45) is 2.80. The number of ether oxygens (including phenoxy) is 1. The zero-order valence-corrected chi connectivity index (χ0v) is 16.5. The molecule has 3 aromatic heterocycles. The van der Waals surface area contributed by atoms with Crippen molar-refractivity contribution in [3.8, 4) is 5.75 Å². The molecule has 0 amide bonds. The molecule has 0 N–H and O–H groups in total. The molecule has 27 heavy (non-hydrogen) atoms. The third-order valence-electron chi connectivity index (χ3n) is 5.32. The number of thiophene rings is 1. The van der Waals surface area contributed by atoms with Gasteiger partial charge < -0.3 is 9.64 Å². The van der Waals surface area contributed by atoms with E-state index in [1.54, 1.807) is 22.2 Å². The van der Waals surface area contributed by atoms with Crippen LogP contribution in [0.3, 0.4) is 0 Å². The molecule has 0 saturated heterocycles. The van der Waals surface area contributed by atoms with Gasteiger partial charge in [-0.05, 0) is 50.1 Å². The first-order valence-electron chi connectivity index (χ1n) is 9.12. The second-order valence-electron chi connectivity index (χ2n) is 7.20. The first kappa shape index (κ1) is 16.6. The van der Waals surface area contributed by atoms with E-state index in [1.165, 1.54) is 16.0 Å². The van der Waals surface area contributed by atoms with Gasteiger partial charge >= 0.3 is 0 Å². The fourth-order valence-electron chi connectivity index (χ4n) is 3.65. The molecule has 7 heteroatoms. The average Bonchev–Trinajstić information content (AvgIpc) is 3.22. The lowest BCUT2D eigenvalue weighted by Gasteiger charge is -2.21. The van der Waals surface area contributed by atoms with E-state index in [0.717, 1.165) is 46.7 Å². The van der Waals surface area contributed by atoms with E-state index >= 15 is 0 Å². The molecule has 5 rings (SSSR count). The number of rotatable bonds is 3. The standard InChI is InChI=1S/C20H21N5OS/c1-12-5-4-6-15(13(12)2)26-10-17-22-19-18-14-7-8-24(3)9-16(14)27-20(18)21-11-25(19)23-17/h4-6,11H,7-10H2,1-3H3. The molecule has 1 aliphatic heterocycles. The highest BCUT2D eigenvalue weighted by Gasteiger charge is 2.22. The predicted octanol–water partition coefficient (Wildman–Crippen LogP) is 3.52. The molecule has 0 radical (unpaired) electrons. The number of hydrogen-bond donors (Lipinski definition) is 0. The van der Waals surface area contributed by atoms with Gasteiger partial charge in [0.1, 0.15) is 23.5 Å². The predicted molar refractivity (Wildman–Crippen MR) is 106 cm³/mol. The Morgan fingerprint density at radius 2 is 2.15 bits per heavy atom. The molecule has 4 aromatic rings. The van der Waals surface area contributed by atoms with Crippen LogP contribution in [-0.2, 0) is 19.6 Å². The van der Waals surface area contributed by atoms with Gasteiger partial charge in [-0.15, -0.1) is 16.4 Å². The second-order valence-corrected chi connectivity index (χ2v) is 8.28. The first-order chi connectivity index (χ1) is 13.1. The normalized spacial score (nSPS) is 14.8. The Hall–Kier alpha value is -2.51. The molecule has 0 spiro atoms. The van der Waals surface area contributed by atoms with Gasteiger partial charge in [0.15, 0.2) is 11.5 Å². The van der Waals surface area contributed by atoms with Crippen LogP contribution in [0.15, 0.2) is 24.5 Å². The first-order valence-corrected chi connectivity index (χ1v) is 9.94. The van der Waals surface area contributed by atoms with Crippen molar-refractivity contribution in [2.24, 2.45) is 0 Å². The van der Waals surface area contributed by atoms with Crippen LogP contribution < -0.4 is 4.74 Å². The van der Waals surface area contributed by atoms with Gasteiger partial charge in [-0.25, -0.2) is 14.5 Å². The van der Waals surface area contributed by atoms with E-state index in [9.17, 15) is 0 Å². The SMILES string of the molecule is Cc1cccc(OCc2nc3c4c5c(sc4ncn3n2)CN(C)CC5)c1C. The van der Waals surface area contributed by atoms with Crippen LogP contribution in [0.25, 0.3) is 15.9 Å². The fourth-order valence-corrected chi connectivity index (χ4v) is 4.91. The molecule has 0 unspecified atom stereocenters. The Bertz CT molecular complexity index is 1160. The van der Waals surface area contributed by atoms with Crippen LogP contribution >= 0.6 is 11.3 Å². The molecule has 138 valence electrons. The highest BCUT2D eigenvalue weighted by molar-refractivity contribution is 7.19. The van der Waals surface area contributed by atoms with Crippen molar-refractivity contribution in [3.63, 3.8) is 0 Å². The maximum absolute atomic E-state index is 5.99. The van der Waals surface area contributed by atoms with E-state index in [4.69, 9.17) is 9.72 Å². The van der Waals surface area contributed by atoms with Gasteiger partial charge in [-0.3, -0.25) is 0 Å². The van der Waals surface area contributed by atoms with Gasteiger partial charge in [-0.2, -0.15) is 0 Å². The van der Waals surface area contributed by atoms with Crippen LogP contribution in [0.1, 0.15) is 27.4 Å². The maximum Gasteiger partial charge on any atom is 0.189 e. The number of fused-ring (bicyclic) bond motifs is 5. The number of aryl methyl sites for hydroxylation is 1. The summed E-state index contributed by atoms with van der Waals surface area (Å²) in [5.74, 6) is 1.56. The Morgan fingerprint density at radius 3 is 3.04 bits per heavy atom. The van der Waals surface area contributed by atoms with Crippen LogP contribution in [0.5, 0.6) is 5.75 Å². The minimum absolute atomic E-state index is 0.350. The second kappa shape index (κ2) is 6.28. The molecular formula is C20H21N5OS. The number of benzene rings is 1. The van der Waals surface area contributed by atoms with Crippen molar-refractivity contribution >= 4 is 27.2 Å². The van der Waals surface area contributed by atoms with Gasteiger partial charge in [0.2, 0.25) is 0 Å².